The number of para-hydroxylation sites is 1. The maximum absolute atomic E-state index is 13.7. The van der Waals surface area contributed by atoms with Crippen molar-refractivity contribution in [2.45, 2.75) is 0 Å². The molecule has 22 heavy (non-hydrogen) atoms. The number of anilines is 1. The van der Waals surface area contributed by atoms with Gasteiger partial charge in [0.05, 0.1) is 23.1 Å². The Bertz CT molecular complexity index is 817. The first-order valence-electron chi connectivity index (χ1n) is 6.50. The van der Waals surface area contributed by atoms with Gasteiger partial charge in [-0.25, -0.2) is 9.07 Å². The van der Waals surface area contributed by atoms with E-state index in [0.717, 1.165) is 5.69 Å². The highest BCUT2D eigenvalue weighted by Crippen LogP contribution is 2.20. The number of halogens is 2. The lowest BCUT2D eigenvalue weighted by atomic mass is 10.2. The molecule has 2 aromatic carbocycles. The van der Waals surface area contributed by atoms with E-state index in [4.69, 9.17) is 0 Å². The van der Waals surface area contributed by atoms with E-state index in [-0.39, 0.29) is 5.69 Å². The summed E-state index contributed by atoms with van der Waals surface area (Å²) in [5.74, 6) is -0.915. The molecule has 0 spiro atoms. The van der Waals surface area contributed by atoms with Crippen molar-refractivity contribution in [2.75, 3.05) is 5.32 Å². The molecule has 6 heteroatoms. The molecule has 3 rings (SSSR count). The first kappa shape index (κ1) is 14.5. The van der Waals surface area contributed by atoms with Crippen LogP contribution in [0.2, 0.25) is 0 Å². The van der Waals surface area contributed by atoms with Crippen LogP contribution in [0.25, 0.3) is 5.69 Å². The summed E-state index contributed by atoms with van der Waals surface area (Å²) >= 11 is 3.17. The van der Waals surface area contributed by atoms with Gasteiger partial charge >= 0.3 is 0 Å². The molecule has 0 bridgehead atoms. The van der Waals surface area contributed by atoms with Gasteiger partial charge in [-0.05, 0) is 30.3 Å². The minimum Gasteiger partial charge on any atom is -0.319 e. The Morgan fingerprint density at radius 3 is 2.68 bits per heavy atom. The molecular formula is C16H11BrFN3O. The van der Waals surface area contributed by atoms with Crippen LogP contribution in [0.1, 0.15) is 10.4 Å². The third-order valence-electron chi connectivity index (χ3n) is 3.04. The van der Waals surface area contributed by atoms with Gasteiger partial charge in [-0.15, -0.1) is 0 Å². The van der Waals surface area contributed by atoms with E-state index in [1.807, 2.05) is 30.3 Å². The summed E-state index contributed by atoms with van der Waals surface area (Å²) in [5, 5.41) is 6.67. The first-order valence-corrected chi connectivity index (χ1v) is 7.29. The van der Waals surface area contributed by atoms with Crippen LogP contribution in [-0.2, 0) is 0 Å². The van der Waals surface area contributed by atoms with Crippen molar-refractivity contribution in [3.05, 3.63) is 76.8 Å². The second-order valence-electron chi connectivity index (χ2n) is 4.59. The second-order valence-corrected chi connectivity index (χ2v) is 5.50. The van der Waals surface area contributed by atoms with Gasteiger partial charge < -0.3 is 5.32 Å². The summed E-state index contributed by atoms with van der Waals surface area (Å²) in [6.45, 7) is 0. The van der Waals surface area contributed by atoms with Crippen molar-refractivity contribution in [3.63, 3.8) is 0 Å². The third-order valence-corrected chi connectivity index (χ3v) is 3.54. The van der Waals surface area contributed by atoms with Gasteiger partial charge in [-0.1, -0.05) is 34.1 Å². The quantitative estimate of drug-likeness (QED) is 0.767. The average Bonchev–Trinajstić information content (AvgIpc) is 3.01. The lowest BCUT2D eigenvalue weighted by Crippen LogP contribution is -2.12. The predicted molar refractivity (Wildman–Crippen MR) is 85.6 cm³/mol. The molecule has 4 nitrogen and oxygen atoms in total. The zero-order chi connectivity index (χ0) is 15.5. The summed E-state index contributed by atoms with van der Waals surface area (Å²) in [6.07, 6.45) is 3.04. The zero-order valence-corrected chi connectivity index (χ0v) is 12.9. The number of rotatable bonds is 3. The van der Waals surface area contributed by atoms with Gasteiger partial charge in [0.2, 0.25) is 0 Å². The lowest BCUT2D eigenvalue weighted by molar-refractivity contribution is 0.102. The van der Waals surface area contributed by atoms with E-state index in [9.17, 15) is 9.18 Å². The monoisotopic (exact) mass is 359 g/mol. The number of hydrogen-bond acceptors (Lipinski definition) is 2. The molecule has 0 saturated heterocycles. The lowest BCUT2D eigenvalue weighted by Gasteiger charge is -2.05. The molecule has 1 amide bonds. The Hall–Kier alpha value is -2.47. The fourth-order valence-corrected chi connectivity index (χ4v) is 2.28. The fourth-order valence-electron chi connectivity index (χ4n) is 1.95. The van der Waals surface area contributed by atoms with Crippen LogP contribution < -0.4 is 5.32 Å². The highest BCUT2D eigenvalue weighted by atomic mass is 79.9. The zero-order valence-electron chi connectivity index (χ0n) is 11.3. The Kier molecular flexibility index (Phi) is 4.02. The summed E-state index contributed by atoms with van der Waals surface area (Å²) < 4.78 is 15.9. The number of carbonyl (C=O) groups excluding carboxylic acids is 1. The Balaban J connectivity index is 1.80. The van der Waals surface area contributed by atoms with Gasteiger partial charge in [0.25, 0.3) is 5.91 Å². The van der Waals surface area contributed by atoms with Crippen molar-refractivity contribution in [3.8, 4) is 5.69 Å². The molecule has 0 radical (unpaired) electrons. The van der Waals surface area contributed by atoms with Crippen LogP contribution >= 0.6 is 15.9 Å². The van der Waals surface area contributed by atoms with Gasteiger partial charge in [0.15, 0.2) is 0 Å². The number of carbonyl (C=O) groups is 1. The Labute approximate surface area is 134 Å². The van der Waals surface area contributed by atoms with Crippen LogP contribution in [0, 0.1) is 5.82 Å². The number of nitrogens with one attached hydrogen (secondary N) is 1. The molecule has 1 aromatic heterocycles. The molecule has 3 aromatic rings. The SMILES string of the molecule is O=C(Nc1ccc(Br)cc1F)c1cnn(-c2ccccc2)c1. The Morgan fingerprint density at radius 2 is 1.95 bits per heavy atom. The van der Waals surface area contributed by atoms with E-state index in [0.29, 0.717) is 10.0 Å². The molecule has 0 unspecified atom stereocenters. The number of amides is 1. The Morgan fingerprint density at radius 1 is 1.18 bits per heavy atom. The molecule has 1 N–H and O–H groups in total. The summed E-state index contributed by atoms with van der Waals surface area (Å²) in [6, 6.07) is 13.9. The van der Waals surface area contributed by atoms with E-state index in [1.54, 1.807) is 16.9 Å². The standard InChI is InChI=1S/C16H11BrFN3O/c17-12-6-7-15(14(18)8-12)20-16(22)11-9-19-21(10-11)13-4-2-1-3-5-13/h1-10H,(H,20,22). The molecule has 110 valence electrons. The third kappa shape index (κ3) is 3.07. The minimum absolute atomic E-state index is 0.126. The van der Waals surface area contributed by atoms with Crippen molar-refractivity contribution >= 4 is 27.5 Å². The van der Waals surface area contributed by atoms with Gasteiger partial charge in [0, 0.05) is 10.7 Å². The minimum atomic E-state index is -0.502. The van der Waals surface area contributed by atoms with Gasteiger partial charge in [0.1, 0.15) is 5.82 Å². The van der Waals surface area contributed by atoms with Gasteiger partial charge in [-0.3, -0.25) is 4.79 Å². The van der Waals surface area contributed by atoms with Crippen molar-refractivity contribution < 1.29 is 9.18 Å². The van der Waals surface area contributed by atoms with E-state index >= 15 is 0 Å². The van der Waals surface area contributed by atoms with E-state index < -0.39 is 11.7 Å². The van der Waals surface area contributed by atoms with Crippen molar-refractivity contribution in [1.82, 2.24) is 9.78 Å². The van der Waals surface area contributed by atoms with Crippen LogP contribution in [-0.4, -0.2) is 15.7 Å². The summed E-state index contributed by atoms with van der Waals surface area (Å²) in [4.78, 5) is 12.2. The number of benzene rings is 2. The molecule has 0 fully saturated rings. The number of nitrogens with zero attached hydrogens (tertiary/aromatic N) is 2. The maximum Gasteiger partial charge on any atom is 0.258 e. The highest BCUT2D eigenvalue weighted by molar-refractivity contribution is 9.10. The largest absolute Gasteiger partial charge is 0.319 e. The first-order chi connectivity index (χ1) is 10.6. The summed E-state index contributed by atoms with van der Waals surface area (Å²) in [7, 11) is 0. The highest BCUT2D eigenvalue weighted by Gasteiger charge is 2.12. The normalized spacial score (nSPS) is 10.5. The topological polar surface area (TPSA) is 46.9 Å². The molecule has 0 saturated carbocycles. The molecule has 0 aliphatic heterocycles. The van der Waals surface area contributed by atoms with Crippen LogP contribution in [0.3, 0.4) is 0 Å². The average molecular weight is 360 g/mol. The van der Waals surface area contributed by atoms with Crippen LogP contribution in [0.5, 0.6) is 0 Å². The van der Waals surface area contributed by atoms with Gasteiger partial charge in [-0.2, -0.15) is 5.10 Å². The fraction of sp³-hybridized carbons (Fsp3) is 0. The molecule has 0 atom stereocenters. The molecule has 0 aliphatic carbocycles. The molecule has 1 heterocycles. The number of aromatic nitrogens is 2. The van der Waals surface area contributed by atoms with Crippen LogP contribution in [0.15, 0.2) is 65.4 Å². The smallest absolute Gasteiger partial charge is 0.258 e. The predicted octanol–water partition coefficient (Wildman–Crippen LogP) is 4.03. The van der Waals surface area contributed by atoms with Crippen LogP contribution in [0.4, 0.5) is 10.1 Å². The van der Waals surface area contributed by atoms with E-state index in [2.05, 4.69) is 26.3 Å². The second kappa shape index (κ2) is 6.11. The molecule has 0 aliphatic rings. The molecular weight excluding hydrogens is 349 g/mol. The van der Waals surface area contributed by atoms with Crippen molar-refractivity contribution in [1.29, 1.82) is 0 Å². The van der Waals surface area contributed by atoms with E-state index in [1.165, 1.54) is 18.3 Å². The summed E-state index contributed by atoms with van der Waals surface area (Å²) in [5.41, 5.74) is 1.32. The number of hydrogen-bond donors (Lipinski definition) is 1. The van der Waals surface area contributed by atoms with Crippen molar-refractivity contribution in [2.24, 2.45) is 0 Å². The maximum atomic E-state index is 13.7.